The molecule has 7 nitrogen and oxygen atoms in total. The molecule has 1 fully saturated rings. The molecule has 0 saturated carbocycles. The van der Waals surface area contributed by atoms with Gasteiger partial charge in [-0.2, -0.15) is 0 Å². The third kappa shape index (κ3) is 3.18. The Bertz CT molecular complexity index is 672. The van der Waals surface area contributed by atoms with Gasteiger partial charge in [-0.1, -0.05) is 0 Å². The summed E-state index contributed by atoms with van der Waals surface area (Å²) in [5, 5.41) is 0. The summed E-state index contributed by atoms with van der Waals surface area (Å²) < 4.78 is 1.76. The molecule has 1 aliphatic heterocycles. The van der Waals surface area contributed by atoms with Gasteiger partial charge in [0.05, 0.1) is 12.5 Å². The molecular formula is C16H22N6O. The Morgan fingerprint density at radius 2 is 1.87 bits per heavy atom. The van der Waals surface area contributed by atoms with E-state index in [9.17, 15) is 4.79 Å². The zero-order chi connectivity index (χ0) is 16.4. The minimum absolute atomic E-state index is 0.0232. The molecule has 2 aromatic rings. The Morgan fingerprint density at radius 3 is 2.43 bits per heavy atom. The van der Waals surface area contributed by atoms with E-state index in [1.165, 1.54) is 0 Å². The highest BCUT2D eigenvalue weighted by Gasteiger charge is 2.27. The molecule has 3 rings (SSSR count). The maximum absolute atomic E-state index is 12.5. The smallest absolute Gasteiger partial charge is 0.272 e. The average Bonchev–Trinajstić information content (AvgIpc) is 3.00. The lowest BCUT2D eigenvalue weighted by Gasteiger charge is -2.36. The average molecular weight is 314 g/mol. The summed E-state index contributed by atoms with van der Waals surface area (Å²) in [6.07, 6.45) is 8.78. The second-order valence-electron chi connectivity index (χ2n) is 6.08. The van der Waals surface area contributed by atoms with Crippen LogP contribution in [0.15, 0.2) is 24.9 Å². The molecule has 1 amide bonds. The van der Waals surface area contributed by atoms with Gasteiger partial charge in [0, 0.05) is 45.6 Å². The van der Waals surface area contributed by atoms with Crippen molar-refractivity contribution in [3.05, 3.63) is 36.2 Å². The molecule has 7 heteroatoms. The molecule has 0 aromatic carbocycles. The summed E-state index contributed by atoms with van der Waals surface area (Å²) in [6, 6.07) is 0.235. The Balaban J connectivity index is 1.61. The molecule has 23 heavy (non-hydrogen) atoms. The van der Waals surface area contributed by atoms with Crippen LogP contribution in [0.1, 0.15) is 28.9 Å². The van der Waals surface area contributed by atoms with Crippen molar-refractivity contribution in [1.29, 1.82) is 0 Å². The van der Waals surface area contributed by atoms with Gasteiger partial charge in [0.25, 0.3) is 5.91 Å². The predicted octanol–water partition coefficient (Wildman–Crippen LogP) is 1.26. The summed E-state index contributed by atoms with van der Waals surface area (Å²) in [5.41, 5.74) is 1.68. The molecule has 122 valence electrons. The minimum Gasteiger partial charge on any atom is -0.341 e. The Labute approximate surface area is 136 Å². The van der Waals surface area contributed by atoms with Crippen molar-refractivity contribution in [3.8, 4) is 0 Å². The minimum atomic E-state index is 0.0232. The lowest BCUT2D eigenvalue weighted by molar-refractivity contribution is 0.0699. The molecule has 0 unspecified atom stereocenters. The van der Waals surface area contributed by atoms with E-state index in [0.29, 0.717) is 5.69 Å². The summed E-state index contributed by atoms with van der Waals surface area (Å²) >= 11 is 0. The normalized spacial score (nSPS) is 15.7. The SMILES string of the molecule is Cc1cnc(N2CCC(N(C)C(=O)c3cncn3C)CC2)nc1. The number of anilines is 1. The van der Waals surface area contributed by atoms with Gasteiger partial charge in [-0.25, -0.2) is 15.0 Å². The zero-order valence-corrected chi connectivity index (χ0v) is 13.8. The third-order valence-electron chi connectivity index (χ3n) is 4.42. The second kappa shape index (κ2) is 6.36. The van der Waals surface area contributed by atoms with Crippen LogP contribution in [0, 0.1) is 6.92 Å². The summed E-state index contributed by atoms with van der Waals surface area (Å²) in [5.74, 6) is 0.796. The van der Waals surface area contributed by atoms with Crippen LogP contribution in [0.25, 0.3) is 0 Å². The molecule has 0 atom stereocenters. The van der Waals surface area contributed by atoms with Gasteiger partial charge in [0.15, 0.2) is 0 Å². The van der Waals surface area contributed by atoms with Gasteiger partial charge < -0.3 is 14.4 Å². The lowest BCUT2D eigenvalue weighted by atomic mass is 10.0. The Morgan fingerprint density at radius 1 is 1.22 bits per heavy atom. The number of rotatable bonds is 3. The van der Waals surface area contributed by atoms with E-state index in [4.69, 9.17) is 0 Å². The van der Waals surface area contributed by atoms with Crippen molar-refractivity contribution < 1.29 is 4.79 Å². The van der Waals surface area contributed by atoms with Crippen molar-refractivity contribution in [2.75, 3.05) is 25.0 Å². The van der Waals surface area contributed by atoms with Gasteiger partial charge in [0.2, 0.25) is 5.95 Å². The largest absolute Gasteiger partial charge is 0.341 e. The van der Waals surface area contributed by atoms with Gasteiger partial charge in [-0.15, -0.1) is 0 Å². The van der Waals surface area contributed by atoms with Gasteiger partial charge in [-0.3, -0.25) is 4.79 Å². The van der Waals surface area contributed by atoms with Crippen LogP contribution in [0.3, 0.4) is 0 Å². The fourth-order valence-corrected chi connectivity index (χ4v) is 2.91. The Kier molecular flexibility index (Phi) is 4.27. The van der Waals surface area contributed by atoms with Crippen LogP contribution in [0.2, 0.25) is 0 Å². The van der Waals surface area contributed by atoms with Crippen molar-refractivity contribution in [2.45, 2.75) is 25.8 Å². The molecule has 0 spiro atoms. The van der Waals surface area contributed by atoms with Crippen molar-refractivity contribution in [3.63, 3.8) is 0 Å². The summed E-state index contributed by atoms with van der Waals surface area (Å²) in [7, 11) is 3.71. The predicted molar refractivity (Wildman–Crippen MR) is 87.3 cm³/mol. The number of carbonyl (C=O) groups excluding carboxylic acids is 1. The van der Waals surface area contributed by atoms with E-state index < -0.39 is 0 Å². The first-order chi connectivity index (χ1) is 11.1. The summed E-state index contributed by atoms with van der Waals surface area (Å²) in [6.45, 7) is 3.70. The molecule has 0 radical (unpaired) electrons. The number of imidazole rings is 1. The highest BCUT2D eigenvalue weighted by atomic mass is 16.2. The standard InChI is InChI=1S/C16H22N6O/c1-12-8-18-16(19-9-12)22-6-4-13(5-7-22)21(3)15(23)14-10-17-11-20(14)2/h8-11,13H,4-7H2,1-3H3. The van der Waals surface area contributed by atoms with E-state index in [1.807, 2.05) is 38.3 Å². The number of nitrogens with zero attached hydrogens (tertiary/aromatic N) is 6. The maximum atomic E-state index is 12.5. The topological polar surface area (TPSA) is 67.2 Å². The molecule has 1 saturated heterocycles. The van der Waals surface area contributed by atoms with Crippen LogP contribution in [-0.2, 0) is 7.05 Å². The molecule has 1 aliphatic rings. The number of hydrogen-bond acceptors (Lipinski definition) is 5. The number of aromatic nitrogens is 4. The molecular weight excluding hydrogens is 292 g/mol. The van der Waals surface area contributed by atoms with Crippen LogP contribution >= 0.6 is 0 Å². The first kappa shape index (κ1) is 15.5. The van der Waals surface area contributed by atoms with E-state index in [0.717, 1.165) is 37.4 Å². The third-order valence-corrected chi connectivity index (χ3v) is 4.42. The fourth-order valence-electron chi connectivity index (χ4n) is 2.91. The van der Waals surface area contributed by atoms with Gasteiger partial charge in [-0.05, 0) is 25.3 Å². The van der Waals surface area contributed by atoms with Crippen LogP contribution in [0.4, 0.5) is 5.95 Å². The number of aryl methyl sites for hydroxylation is 2. The molecule has 0 aliphatic carbocycles. The highest BCUT2D eigenvalue weighted by Crippen LogP contribution is 2.20. The van der Waals surface area contributed by atoms with E-state index in [-0.39, 0.29) is 11.9 Å². The summed E-state index contributed by atoms with van der Waals surface area (Å²) in [4.78, 5) is 29.3. The van der Waals surface area contributed by atoms with E-state index in [2.05, 4.69) is 19.9 Å². The first-order valence-electron chi connectivity index (χ1n) is 7.83. The van der Waals surface area contributed by atoms with Crippen LogP contribution < -0.4 is 4.90 Å². The Hall–Kier alpha value is -2.44. The van der Waals surface area contributed by atoms with Gasteiger partial charge >= 0.3 is 0 Å². The quantitative estimate of drug-likeness (QED) is 0.853. The molecule has 0 N–H and O–H groups in total. The van der Waals surface area contributed by atoms with Crippen LogP contribution in [-0.4, -0.2) is 56.5 Å². The fraction of sp³-hybridized carbons (Fsp3) is 0.500. The van der Waals surface area contributed by atoms with Crippen LogP contribution in [0.5, 0.6) is 0 Å². The molecule has 0 bridgehead atoms. The number of piperidine rings is 1. The van der Waals surface area contributed by atoms with Crippen molar-refractivity contribution in [2.24, 2.45) is 7.05 Å². The number of carbonyl (C=O) groups is 1. The lowest BCUT2D eigenvalue weighted by Crippen LogP contribution is -2.46. The van der Waals surface area contributed by atoms with Crippen molar-refractivity contribution in [1.82, 2.24) is 24.4 Å². The highest BCUT2D eigenvalue weighted by molar-refractivity contribution is 5.92. The van der Waals surface area contributed by atoms with Gasteiger partial charge in [0.1, 0.15) is 5.69 Å². The maximum Gasteiger partial charge on any atom is 0.272 e. The van der Waals surface area contributed by atoms with E-state index >= 15 is 0 Å². The molecule has 3 heterocycles. The molecule has 2 aromatic heterocycles. The zero-order valence-electron chi connectivity index (χ0n) is 13.8. The number of amides is 1. The second-order valence-corrected chi connectivity index (χ2v) is 6.08. The number of hydrogen-bond donors (Lipinski definition) is 0. The first-order valence-corrected chi connectivity index (χ1v) is 7.83. The van der Waals surface area contributed by atoms with E-state index in [1.54, 1.807) is 17.1 Å². The monoisotopic (exact) mass is 314 g/mol. The van der Waals surface area contributed by atoms with Crippen molar-refractivity contribution >= 4 is 11.9 Å².